The normalized spacial score (nSPS) is 19.0. The van der Waals surface area contributed by atoms with E-state index in [0.717, 1.165) is 52.6 Å². The Morgan fingerprint density at radius 1 is 1.10 bits per heavy atom. The molecule has 1 saturated heterocycles. The molecule has 0 unspecified atom stereocenters. The summed E-state index contributed by atoms with van der Waals surface area (Å²) in [5, 5.41) is 7.91. The molecular formula is C22H25N9. The topological polar surface area (TPSA) is 108 Å². The molecule has 31 heavy (non-hydrogen) atoms. The molecule has 3 N–H and O–H groups in total. The minimum atomic E-state index is 0.418. The molecule has 0 aliphatic carbocycles. The molecule has 158 valence electrons. The third kappa shape index (κ3) is 4.04. The lowest BCUT2D eigenvalue weighted by molar-refractivity contribution is 0.405. The zero-order chi connectivity index (χ0) is 21.2. The number of hydrogen-bond acceptors (Lipinski definition) is 8. The minimum absolute atomic E-state index is 0.418. The van der Waals surface area contributed by atoms with Crippen LogP contribution in [0, 0.1) is 0 Å². The van der Waals surface area contributed by atoms with E-state index in [-0.39, 0.29) is 0 Å². The third-order valence-corrected chi connectivity index (χ3v) is 5.43. The fourth-order valence-corrected chi connectivity index (χ4v) is 4.17. The summed E-state index contributed by atoms with van der Waals surface area (Å²) in [5.41, 5.74) is 3.66. The Bertz CT molecular complexity index is 1160. The molecule has 0 spiro atoms. The van der Waals surface area contributed by atoms with Crippen LogP contribution in [0.2, 0.25) is 0 Å². The predicted molar refractivity (Wildman–Crippen MR) is 121 cm³/mol. The number of nitrogens with zero attached hydrogens (tertiary/aromatic N) is 6. The van der Waals surface area contributed by atoms with E-state index >= 15 is 0 Å². The van der Waals surface area contributed by atoms with Crippen LogP contribution in [0.15, 0.2) is 49.4 Å². The Labute approximate surface area is 180 Å². The van der Waals surface area contributed by atoms with Gasteiger partial charge in [-0.2, -0.15) is 0 Å². The van der Waals surface area contributed by atoms with E-state index < -0.39 is 0 Å². The van der Waals surface area contributed by atoms with Crippen molar-refractivity contribution in [3.05, 3.63) is 55.1 Å². The van der Waals surface area contributed by atoms with Crippen molar-refractivity contribution >= 4 is 22.7 Å². The number of aromatic nitrogens is 6. The van der Waals surface area contributed by atoms with E-state index in [2.05, 4.69) is 54.3 Å². The SMILES string of the molecule is C[C@@H]1CN(c2cncc(CNc3ncnc4[nH]cc(-c5cccnc5)c34)n2)C[C@H](C)N1. The van der Waals surface area contributed by atoms with Crippen LogP contribution in [0.4, 0.5) is 11.6 Å². The number of aromatic amines is 1. The van der Waals surface area contributed by atoms with Gasteiger partial charge in [0.1, 0.15) is 23.6 Å². The van der Waals surface area contributed by atoms with E-state index in [4.69, 9.17) is 4.98 Å². The number of pyridine rings is 1. The van der Waals surface area contributed by atoms with Crippen LogP contribution in [-0.4, -0.2) is 55.1 Å². The van der Waals surface area contributed by atoms with Crippen LogP contribution < -0.4 is 15.5 Å². The van der Waals surface area contributed by atoms with Crippen LogP contribution in [0.25, 0.3) is 22.2 Å². The largest absolute Gasteiger partial charge is 0.364 e. The maximum Gasteiger partial charge on any atom is 0.147 e. The molecule has 0 aromatic carbocycles. The van der Waals surface area contributed by atoms with E-state index in [0.29, 0.717) is 18.6 Å². The van der Waals surface area contributed by atoms with E-state index in [9.17, 15) is 0 Å². The highest BCUT2D eigenvalue weighted by Gasteiger charge is 2.22. The Morgan fingerprint density at radius 3 is 2.77 bits per heavy atom. The predicted octanol–water partition coefficient (Wildman–Crippen LogP) is 2.61. The van der Waals surface area contributed by atoms with Crippen molar-refractivity contribution in [1.82, 2.24) is 35.2 Å². The highest BCUT2D eigenvalue weighted by atomic mass is 15.3. The summed E-state index contributed by atoms with van der Waals surface area (Å²) in [4.78, 5) is 27.9. The highest BCUT2D eigenvalue weighted by molar-refractivity contribution is 6.00. The van der Waals surface area contributed by atoms with Gasteiger partial charge in [-0.05, 0) is 19.9 Å². The van der Waals surface area contributed by atoms with Crippen molar-refractivity contribution in [3.63, 3.8) is 0 Å². The van der Waals surface area contributed by atoms with Gasteiger partial charge in [-0.3, -0.25) is 9.97 Å². The molecule has 5 rings (SSSR count). The number of fused-ring (bicyclic) bond motifs is 1. The van der Waals surface area contributed by atoms with E-state index in [1.165, 1.54) is 0 Å². The average molecular weight is 416 g/mol. The molecule has 9 heteroatoms. The average Bonchev–Trinajstić information content (AvgIpc) is 3.23. The lowest BCUT2D eigenvalue weighted by Gasteiger charge is -2.36. The van der Waals surface area contributed by atoms with Crippen molar-refractivity contribution in [2.24, 2.45) is 0 Å². The first kappa shape index (κ1) is 19.4. The summed E-state index contributed by atoms with van der Waals surface area (Å²) in [6.45, 7) is 6.74. The molecule has 2 atom stereocenters. The number of hydrogen-bond donors (Lipinski definition) is 3. The van der Waals surface area contributed by atoms with Crippen LogP contribution in [0.5, 0.6) is 0 Å². The van der Waals surface area contributed by atoms with Gasteiger partial charge >= 0.3 is 0 Å². The maximum atomic E-state index is 4.84. The van der Waals surface area contributed by atoms with Gasteiger partial charge in [0.25, 0.3) is 0 Å². The van der Waals surface area contributed by atoms with Crippen LogP contribution in [0.1, 0.15) is 19.5 Å². The first-order chi connectivity index (χ1) is 15.2. The highest BCUT2D eigenvalue weighted by Crippen LogP contribution is 2.31. The zero-order valence-corrected chi connectivity index (χ0v) is 17.6. The molecule has 1 fully saturated rings. The van der Waals surface area contributed by atoms with Gasteiger partial charge in [0, 0.05) is 54.9 Å². The number of rotatable bonds is 5. The van der Waals surface area contributed by atoms with Crippen molar-refractivity contribution in [1.29, 1.82) is 0 Å². The fourth-order valence-electron chi connectivity index (χ4n) is 4.17. The summed E-state index contributed by atoms with van der Waals surface area (Å²) in [5.74, 6) is 1.66. The van der Waals surface area contributed by atoms with Crippen LogP contribution in [-0.2, 0) is 6.54 Å². The van der Waals surface area contributed by atoms with Gasteiger partial charge in [0.15, 0.2) is 0 Å². The van der Waals surface area contributed by atoms with Gasteiger partial charge in [0.2, 0.25) is 0 Å². The number of piperazine rings is 1. The molecule has 0 bridgehead atoms. The van der Waals surface area contributed by atoms with Crippen molar-refractivity contribution in [2.75, 3.05) is 23.3 Å². The molecule has 5 heterocycles. The summed E-state index contributed by atoms with van der Waals surface area (Å²) in [7, 11) is 0. The summed E-state index contributed by atoms with van der Waals surface area (Å²) in [6.07, 6.45) is 10.7. The summed E-state index contributed by atoms with van der Waals surface area (Å²) in [6, 6.07) is 4.78. The van der Waals surface area contributed by atoms with Gasteiger partial charge < -0.3 is 20.5 Å². The summed E-state index contributed by atoms with van der Waals surface area (Å²) < 4.78 is 0. The molecule has 1 aliphatic rings. The lowest BCUT2D eigenvalue weighted by Crippen LogP contribution is -2.54. The third-order valence-electron chi connectivity index (χ3n) is 5.43. The number of nitrogens with one attached hydrogen (secondary N) is 3. The van der Waals surface area contributed by atoms with Crippen LogP contribution >= 0.6 is 0 Å². The molecule has 0 radical (unpaired) electrons. The lowest BCUT2D eigenvalue weighted by atomic mass is 10.1. The maximum absolute atomic E-state index is 4.84. The monoisotopic (exact) mass is 415 g/mol. The van der Waals surface area contributed by atoms with Crippen molar-refractivity contribution in [3.8, 4) is 11.1 Å². The second kappa shape index (κ2) is 8.27. The molecule has 0 saturated carbocycles. The molecule has 4 aromatic rings. The van der Waals surface area contributed by atoms with E-state index in [1.54, 1.807) is 18.7 Å². The Balaban J connectivity index is 1.39. The Kier molecular flexibility index (Phi) is 5.17. The minimum Gasteiger partial charge on any atom is -0.364 e. The standard InChI is InChI=1S/C22H25N9/c1-14-11-31(12-15(2)29-14)19-10-24-7-17(30-19)8-25-21-20-18(16-4-3-5-23-6-16)9-26-22(20)28-13-27-21/h3-7,9-10,13-15,29H,8,11-12H2,1-2H3,(H2,25,26,27,28)/t14-,15+. The molecule has 4 aromatic heterocycles. The Hall–Kier alpha value is -3.59. The smallest absolute Gasteiger partial charge is 0.147 e. The van der Waals surface area contributed by atoms with Gasteiger partial charge in [0.05, 0.1) is 30.0 Å². The van der Waals surface area contributed by atoms with Gasteiger partial charge in [-0.15, -0.1) is 0 Å². The molecule has 0 amide bonds. The van der Waals surface area contributed by atoms with Crippen molar-refractivity contribution < 1.29 is 0 Å². The summed E-state index contributed by atoms with van der Waals surface area (Å²) >= 11 is 0. The van der Waals surface area contributed by atoms with Crippen LogP contribution in [0.3, 0.4) is 0 Å². The number of anilines is 2. The van der Waals surface area contributed by atoms with Gasteiger partial charge in [-0.25, -0.2) is 15.0 Å². The fraction of sp³-hybridized carbons (Fsp3) is 0.318. The quantitative estimate of drug-likeness (QED) is 0.457. The van der Waals surface area contributed by atoms with Gasteiger partial charge in [-0.1, -0.05) is 6.07 Å². The molecule has 1 aliphatic heterocycles. The second-order valence-electron chi connectivity index (χ2n) is 7.99. The zero-order valence-electron chi connectivity index (χ0n) is 17.6. The first-order valence-corrected chi connectivity index (χ1v) is 10.5. The molecular weight excluding hydrogens is 390 g/mol. The Morgan fingerprint density at radius 2 is 1.97 bits per heavy atom. The number of H-pyrrole nitrogens is 1. The second-order valence-corrected chi connectivity index (χ2v) is 7.99. The first-order valence-electron chi connectivity index (χ1n) is 10.5. The van der Waals surface area contributed by atoms with E-state index in [1.807, 2.05) is 30.7 Å². The van der Waals surface area contributed by atoms with Crippen molar-refractivity contribution in [2.45, 2.75) is 32.5 Å². The molecule has 9 nitrogen and oxygen atoms in total.